The molecule has 0 saturated heterocycles. The minimum Gasteiger partial charge on any atom is -0.468 e. The maximum atomic E-state index is 13.4. The molecule has 1 fully saturated rings. The number of nitrogens with one attached hydrogen (secondary N) is 2. The molecule has 8 nitrogen and oxygen atoms in total. The van der Waals surface area contributed by atoms with Crippen LogP contribution in [-0.4, -0.2) is 33.1 Å². The van der Waals surface area contributed by atoms with E-state index in [0.717, 1.165) is 4.68 Å². The number of hydrogen-bond acceptors (Lipinski definition) is 6. The van der Waals surface area contributed by atoms with Crippen LogP contribution in [0.3, 0.4) is 0 Å². The van der Waals surface area contributed by atoms with E-state index in [1.54, 1.807) is 6.07 Å². The predicted molar refractivity (Wildman–Crippen MR) is 119 cm³/mol. The van der Waals surface area contributed by atoms with Crippen LogP contribution in [0.4, 0.5) is 25.2 Å². The van der Waals surface area contributed by atoms with Gasteiger partial charge in [0, 0.05) is 6.20 Å². The fourth-order valence-electron chi connectivity index (χ4n) is 3.68. The lowest BCUT2D eigenvalue weighted by atomic mass is 9.95. The van der Waals surface area contributed by atoms with Crippen molar-refractivity contribution < 1.29 is 29.0 Å². The molecule has 0 aliphatic heterocycles. The number of ether oxygens (including phenoxy) is 1. The highest BCUT2D eigenvalue weighted by molar-refractivity contribution is 8.45. The van der Waals surface area contributed by atoms with Gasteiger partial charge in [-0.1, -0.05) is 42.6 Å². The van der Waals surface area contributed by atoms with Crippen LogP contribution in [0.25, 0.3) is 5.69 Å². The maximum absolute atomic E-state index is 13.4. The van der Waals surface area contributed by atoms with E-state index < -0.39 is 42.2 Å². The van der Waals surface area contributed by atoms with Crippen molar-refractivity contribution in [3.8, 4) is 11.8 Å². The molecule has 1 aliphatic rings. The van der Waals surface area contributed by atoms with E-state index in [4.69, 9.17) is 27.9 Å². The third-order valence-electron chi connectivity index (χ3n) is 5.45. The van der Waals surface area contributed by atoms with Crippen LogP contribution >= 0.6 is 33.4 Å². The summed E-state index contributed by atoms with van der Waals surface area (Å²) < 4.78 is 72.6. The maximum Gasteiger partial charge on any atom is 0.316 e. The number of hydrogen-bond donors (Lipinski definition) is 2. The van der Waals surface area contributed by atoms with Crippen molar-refractivity contribution in [2.24, 2.45) is 0 Å². The number of rotatable bonds is 7. The van der Waals surface area contributed by atoms with Gasteiger partial charge in [-0.2, -0.15) is 15.5 Å². The summed E-state index contributed by atoms with van der Waals surface area (Å²) in [5.41, 5.74) is -1.19. The minimum absolute atomic E-state index is 0.00272. The zero-order valence-corrected chi connectivity index (χ0v) is 19.9. The summed E-state index contributed by atoms with van der Waals surface area (Å²) in [4.78, 5) is 10.3. The van der Waals surface area contributed by atoms with Crippen molar-refractivity contribution in [1.82, 2.24) is 20.0 Å². The zero-order valence-electron chi connectivity index (χ0n) is 17.6. The molecule has 188 valence electrons. The summed E-state index contributed by atoms with van der Waals surface area (Å²) >= 11 is 12.0. The first-order chi connectivity index (χ1) is 16.1. The Labute approximate surface area is 204 Å². The molecule has 0 amide bonds. The number of nitriles is 1. The van der Waals surface area contributed by atoms with E-state index in [1.807, 2.05) is 6.07 Å². The molecule has 2 aromatic heterocycles. The van der Waals surface area contributed by atoms with Crippen LogP contribution in [-0.2, 0) is 21.5 Å². The van der Waals surface area contributed by atoms with Gasteiger partial charge < -0.3 is 10.1 Å². The van der Waals surface area contributed by atoms with E-state index >= 15 is 0 Å². The molecule has 3 aromatic rings. The Balaban J connectivity index is 1.95. The van der Waals surface area contributed by atoms with Crippen LogP contribution in [0.2, 0.25) is 10.0 Å². The molecule has 0 radical (unpaired) electrons. The molecule has 35 heavy (non-hydrogen) atoms. The molecule has 1 aromatic carbocycles. The van der Waals surface area contributed by atoms with Gasteiger partial charge in [-0.3, -0.25) is 9.89 Å². The Bertz CT molecular complexity index is 1360. The highest BCUT2D eigenvalue weighted by Crippen LogP contribution is 3.02. The van der Waals surface area contributed by atoms with Gasteiger partial charge >= 0.3 is 16.2 Å². The van der Waals surface area contributed by atoms with Gasteiger partial charge in [0.1, 0.15) is 22.5 Å². The number of carbonyl (C=O) groups is 1. The van der Waals surface area contributed by atoms with E-state index in [2.05, 4.69) is 20.6 Å². The third kappa shape index (κ3) is 4.51. The molecule has 1 saturated carbocycles. The highest BCUT2D eigenvalue weighted by atomic mass is 35.5. The fourth-order valence-corrected chi connectivity index (χ4v) is 5.14. The van der Waals surface area contributed by atoms with Gasteiger partial charge in [-0.15, -0.1) is 0 Å². The molecule has 2 N–H and O–H groups in total. The molecule has 0 unspecified atom stereocenters. The number of methoxy groups -OCH3 is 1. The molecule has 0 bridgehead atoms. The van der Waals surface area contributed by atoms with Crippen molar-refractivity contribution in [2.45, 2.75) is 29.7 Å². The van der Waals surface area contributed by atoms with Crippen molar-refractivity contribution >= 4 is 45.2 Å². The molecule has 4 rings (SSSR count). The predicted octanol–water partition coefficient (Wildman–Crippen LogP) is 6.25. The first kappa shape index (κ1) is 25.1. The lowest BCUT2D eigenvalue weighted by Gasteiger charge is -2.40. The Hall–Kier alpha value is -3.02. The van der Waals surface area contributed by atoms with E-state index in [-0.39, 0.29) is 35.8 Å². The monoisotopic (exact) mass is 556 g/mol. The first-order valence-electron chi connectivity index (χ1n) is 9.69. The number of anilines is 1. The van der Waals surface area contributed by atoms with Crippen LogP contribution < -0.4 is 5.32 Å². The van der Waals surface area contributed by atoms with Crippen molar-refractivity contribution in [2.75, 3.05) is 12.4 Å². The van der Waals surface area contributed by atoms with Gasteiger partial charge in [0.05, 0.1) is 40.4 Å². The average Bonchev–Trinajstić information content (AvgIpc) is 3.22. The van der Waals surface area contributed by atoms with Gasteiger partial charge in [0.15, 0.2) is 5.69 Å². The van der Waals surface area contributed by atoms with Crippen LogP contribution in [0.5, 0.6) is 0 Å². The van der Waals surface area contributed by atoms with E-state index in [9.17, 15) is 29.5 Å². The van der Waals surface area contributed by atoms with Gasteiger partial charge in [0.25, 0.3) is 0 Å². The Kier molecular flexibility index (Phi) is 5.37. The van der Waals surface area contributed by atoms with Crippen LogP contribution in [0.15, 0.2) is 29.3 Å². The summed E-state index contributed by atoms with van der Waals surface area (Å²) in [7, 11) is -8.93. The number of halogens is 7. The number of H-pyrrole nitrogens is 1. The second-order valence-electron chi connectivity index (χ2n) is 7.81. The topological polar surface area (TPSA) is 109 Å². The number of benzene rings is 1. The smallest absolute Gasteiger partial charge is 0.316 e. The third-order valence-corrected chi connectivity index (χ3v) is 7.15. The van der Waals surface area contributed by atoms with E-state index in [0.29, 0.717) is 18.5 Å². The molecule has 0 spiro atoms. The largest absolute Gasteiger partial charge is 0.468 e. The normalized spacial score (nSPS) is 16.7. The highest BCUT2D eigenvalue weighted by Gasteiger charge is 2.65. The summed E-state index contributed by atoms with van der Waals surface area (Å²) in [6.45, 7) is 0.0552. The van der Waals surface area contributed by atoms with Crippen LogP contribution in [0, 0.1) is 11.3 Å². The Morgan fingerprint density at radius 1 is 1.29 bits per heavy atom. The quantitative estimate of drug-likeness (QED) is 0.263. The molecule has 0 atom stereocenters. The Morgan fingerprint density at radius 2 is 1.91 bits per heavy atom. The van der Waals surface area contributed by atoms with Crippen LogP contribution in [0.1, 0.15) is 29.8 Å². The molecule has 1 aliphatic carbocycles. The van der Waals surface area contributed by atoms with Crippen molar-refractivity contribution in [3.63, 3.8) is 0 Å². The summed E-state index contributed by atoms with van der Waals surface area (Å²) in [5, 5.41) is 21.7. The number of aromatic nitrogens is 4. The average molecular weight is 557 g/mol. The number of carbonyl (C=O) groups excluding carboxylic acids is 1. The number of aromatic amines is 1. The van der Waals surface area contributed by atoms with Gasteiger partial charge in [-0.05, 0) is 31.0 Å². The lowest BCUT2D eigenvalue weighted by molar-refractivity contribution is -0.143. The van der Waals surface area contributed by atoms with Gasteiger partial charge in [0.2, 0.25) is 0 Å². The fraction of sp³-hybridized carbons (Fsp3) is 0.263. The number of esters is 1. The zero-order chi connectivity index (χ0) is 25.9. The number of nitrogens with zero attached hydrogens (tertiary/aromatic N) is 4. The summed E-state index contributed by atoms with van der Waals surface area (Å²) in [6, 6.07) is 3.56. The van der Waals surface area contributed by atoms with Crippen molar-refractivity contribution in [1.29, 1.82) is 5.26 Å². The SMILES string of the molecule is COC(=O)C1(c2c(C#N)nn(-c3c(Cl)cc(S(F)(F)(F)(F)F)cc3Cl)c2NCc2ccn[nH]2)CC1. The van der Waals surface area contributed by atoms with Crippen molar-refractivity contribution in [3.05, 3.63) is 51.4 Å². The summed E-state index contributed by atoms with van der Waals surface area (Å²) in [6.07, 6.45) is 2.09. The Morgan fingerprint density at radius 3 is 2.37 bits per heavy atom. The standard InChI is InChI=1S/C19H15Cl2F5N6O2S/c1-34-18(33)19(3-4-19)15-14(8-27)31-32(17(15)28-9-10-2-5-29-30-10)16-12(20)6-11(7-13(16)21)35(22,23,24,25)26/h2,5-7,28H,3-4,9H2,1H3,(H,29,30). The molecule has 16 heteroatoms. The lowest BCUT2D eigenvalue weighted by Crippen LogP contribution is -2.24. The molecule has 2 heterocycles. The van der Waals surface area contributed by atoms with Gasteiger partial charge in [-0.25, -0.2) is 4.68 Å². The summed E-state index contributed by atoms with van der Waals surface area (Å²) in [5.74, 6) is -0.644. The minimum atomic E-state index is -10.1. The molecular weight excluding hydrogens is 542 g/mol. The second-order valence-corrected chi connectivity index (χ2v) is 11.0. The second kappa shape index (κ2) is 7.49. The first-order valence-corrected chi connectivity index (χ1v) is 12.4. The van der Waals surface area contributed by atoms with E-state index in [1.165, 1.54) is 13.3 Å². The molecular formula is C19H15Cl2F5N6O2S.